The number of amides is 1. The fourth-order valence-corrected chi connectivity index (χ4v) is 3.28. The van der Waals surface area contributed by atoms with E-state index in [0.29, 0.717) is 34.3 Å². The first-order valence-corrected chi connectivity index (χ1v) is 7.54. The lowest BCUT2D eigenvalue weighted by atomic mass is 10.0. The third kappa shape index (κ3) is 2.10. The van der Waals surface area contributed by atoms with Gasteiger partial charge >= 0.3 is 0 Å². The van der Waals surface area contributed by atoms with E-state index in [1.165, 1.54) is 18.2 Å². The summed E-state index contributed by atoms with van der Waals surface area (Å²) in [6, 6.07) is 7.65. The Morgan fingerprint density at radius 1 is 1.08 bits per heavy atom. The van der Waals surface area contributed by atoms with Crippen molar-refractivity contribution in [2.24, 2.45) is 0 Å². The van der Waals surface area contributed by atoms with Crippen LogP contribution in [0.25, 0.3) is 22.0 Å². The molecule has 0 bridgehead atoms. The van der Waals surface area contributed by atoms with Gasteiger partial charge in [0.05, 0.1) is 5.52 Å². The normalized spacial score (nSPS) is 17.0. The molecule has 0 spiro atoms. The smallest absolute Gasteiger partial charge is 0.268 e. The van der Waals surface area contributed by atoms with Crippen LogP contribution >= 0.6 is 0 Å². The summed E-state index contributed by atoms with van der Waals surface area (Å²) in [4.78, 5) is 12.1. The molecule has 1 aromatic heterocycles. The lowest BCUT2D eigenvalue weighted by Crippen LogP contribution is -2.37. The van der Waals surface area contributed by atoms with E-state index in [1.54, 1.807) is 6.07 Å². The molecule has 1 unspecified atom stereocenters. The predicted octanol–water partition coefficient (Wildman–Crippen LogP) is 4.03. The van der Waals surface area contributed by atoms with E-state index in [1.807, 2.05) is 11.5 Å². The number of rotatable bonds is 1. The average molecular weight is 330 g/mol. The molecular weight excluding hydrogens is 317 g/mol. The summed E-state index contributed by atoms with van der Waals surface area (Å²) in [5.74, 6) is -2.70. The first-order chi connectivity index (χ1) is 11.5. The van der Waals surface area contributed by atoms with E-state index in [0.717, 1.165) is 12.1 Å². The van der Waals surface area contributed by atoms with Crippen LogP contribution < -0.4 is 5.32 Å². The maximum absolute atomic E-state index is 14.0. The van der Waals surface area contributed by atoms with Gasteiger partial charge in [-0.15, -0.1) is 0 Å². The van der Waals surface area contributed by atoms with Gasteiger partial charge in [-0.3, -0.25) is 4.79 Å². The van der Waals surface area contributed by atoms with E-state index in [9.17, 15) is 18.0 Å². The molecular formula is C18H13F3N2O. The SMILES string of the molecule is CC1CNC(=O)c2cc3cc(F)cc(-c4ccc(F)c(F)c4)c3n21. The third-order valence-electron chi connectivity index (χ3n) is 4.36. The van der Waals surface area contributed by atoms with Crippen LogP contribution in [0.3, 0.4) is 0 Å². The Kier molecular flexibility index (Phi) is 3.16. The van der Waals surface area contributed by atoms with E-state index in [4.69, 9.17) is 0 Å². The Morgan fingerprint density at radius 2 is 1.88 bits per heavy atom. The molecule has 4 rings (SSSR count). The number of aromatic nitrogens is 1. The number of hydrogen-bond acceptors (Lipinski definition) is 1. The van der Waals surface area contributed by atoms with Crippen LogP contribution in [-0.2, 0) is 0 Å². The van der Waals surface area contributed by atoms with Crippen LogP contribution in [-0.4, -0.2) is 17.0 Å². The van der Waals surface area contributed by atoms with Crippen molar-refractivity contribution < 1.29 is 18.0 Å². The number of fused-ring (bicyclic) bond motifs is 3. The summed E-state index contributed by atoms with van der Waals surface area (Å²) in [6.45, 7) is 2.38. The van der Waals surface area contributed by atoms with Gasteiger partial charge in [0.1, 0.15) is 11.5 Å². The van der Waals surface area contributed by atoms with Crippen molar-refractivity contribution in [1.82, 2.24) is 9.88 Å². The van der Waals surface area contributed by atoms with Gasteiger partial charge in [0.25, 0.3) is 5.91 Å². The minimum atomic E-state index is -0.999. The van der Waals surface area contributed by atoms with Crippen molar-refractivity contribution in [3.63, 3.8) is 0 Å². The summed E-state index contributed by atoms with van der Waals surface area (Å²) < 4.78 is 42.7. The summed E-state index contributed by atoms with van der Waals surface area (Å²) >= 11 is 0. The van der Waals surface area contributed by atoms with Gasteiger partial charge in [-0.05, 0) is 42.8 Å². The number of carbonyl (C=O) groups is 1. The molecule has 122 valence electrons. The van der Waals surface area contributed by atoms with E-state index in [-0.39, 0.29) is 11.9 Å². The second-order valence-corrected chi connectivity index (χ2v) is 5.98. The molecule has 6 heteroatoms. The number of hydrogen-bond donors (Lipinski definition) is 1. The van der Waals surface area contributed by atoms with Crippen LogP contribution in [0.5, 0.6) is 0 Å². The fraction of sp³-hybridized carbons (Fsp3) is 0.167. The lowest BCUT2D eigenvalue weighted by Gasteiger charge is -2.25. The molecule has 3 aromatic rings. The van der Waals surface area contributed by atoms with E-state index < -0.39 is 17.5 Å². The Hall–Kier alpha value is -2.76. The molecule has 3 nitrogen and oxygen atoms in total. The highest BCUT2D eigenvalue weighted by atomic mass is 19.2. The van der Waals surface area contributed by atoms with Crippen LogP contribution in [0, 0.1) is 17.5 Å². The molecule has 0 aliphatic carbocycles. The highest BCUT2D eigenvalue weighted by Crippen LogP contribution is 2.35. The van der Waals surface area contributed by atoms with Crippen LogP contribution in [0.2, 0.25) is 0 Å². The number of carbonyl (C=O) groups excluding carboxylic acids is 1. The molecule has 1 N–H and O–H groups in total. The zero-order valence-corrected chi connectivity index (χ0v) is 12.7. The fourth-order valence-electron chi connectivity index (χ4n) is 3.28. The van der Waals surface area contributed by atoms with Gasteiger partial charge in [0.15, 0.2) is 11.6 Å². The molecule has 0 radical (unpaired) electrons. The Labute approximate surface area is 135 Å². The minimum Gasteiger partial charge on any atom is -0.349 e. The maximum atomic E-state index is 14.0. The van der Waals surface area contributed by atoms with Crippen molar-refractivity contribution in [2.75, 3.05) is 6.54 Å². The number of nitrogens with one attached hydrogen (secondary N) is 1. The Balaban J connectivity index is 2.08. The summed E-state index contributed by atoms with van der Waals surface area (Å²) in [7, 11) is 0. The number of nitrogens with zero attached hydrogens (tertiary/aromatic N) is 1. The molecule has 1 aliphatic rings. The minimum absolute atomic E-state index is 0.0373. The second-order valence-electron chi connectivity index (χ2n) is 5.98. The van der Waals surface area contributed by atoms with Crippen LogP contribution in [0.4, 0.5) is 13.2 Å². The molecule has 1 aliphatic heterocycles. The topological polar surface area (TPSA) is 34.0 Å². The number of benzene rings is 2. The molecule has 2 aromatic carbocycles. The first-order valence-electron chi connectivity index (χ1n) is 7.54. The maximum Gasteiger partial charge on any atom is 0.268 e. The largest absolute Gasteiger partial charge is 0.349 e. The van der Waals surface area contributed by atoms with Crippen molar-refractivity contribution in [1.29, 1.82) is 0 Å². The highest BCUT2D eigenvalue weighted by Gasteiger charge is 2.26. The monoisotopic (exact) mass is 330 g/mol. The number of halogens is 3. The summed E-state index contributed by atoms with van der Waals surface area (Å²) in [5.41, 5.74) is 1.85. The molecule has 0 saturated carbocycles. The van der Waals surface area contributed by atoms with Crippen molar-refractivity contribution in [3.8, 4) is 11.1 Å². The molecule has 0 fully saturated rings. The highest BCUT2D eigenvalue weighted by molar-refractivity contribution is 6.04. The van der Waals surface area contributed by atoms with Gasteiger partial charge in [0, 0.05) is 23.5 Å². The lowest BCUT2D eigenvalue weighted by molar-refractivity contribution is 0.0919. The van der Waals surface area contributed by atoms with Gasteiger partial charge < -0.3 is 9.88 Å². The molecule has 1 atom stereocenters. The first kappa shape index (κ1) is 14.8. The summed E-state index contributed by atoms with van der Waals surface area (Å²) in [6.07, 6.45) is 0. The Bertz CT molecular complexity index is 994. The summed E-state index contributed by atoms with van der Waals surface area (Å²) in [5, 5.41) is 3.33. The molecule has 1 amide bonds. The average Bonchev–Trinajstić information content (AvgIpc) is 2.93. The molecule has 0 saturated heterocycles. The van der Waals surface area contributed by atoms with E-state index >= 15 is 0 Å². The molecule has 24 heavy (non-hydrogen) atoms. The van der Waals surface area contributed by atoms with Crippen LogP contribution in [0.1, 0.15) is 23.5 Å². The predicted molar refractivity (Wildman–Crippen MR) is 84.3 cm³/mol. The van der Waals surface area contributed by atoms with Gasteiger partial charge in [-0.1, -0.05) is 6.07 Å². The zero-order chi connectivity index (χ0) is 17.0. The van der Waals surface area contributed by atoms with Gasteiger partial charge in [0.2, 0.25) is 0 Å². The van der Waals surface area contributed by atoms with Crippen molar-refractivity contribution in [3.05, 3.63) is 59.5 Å². The van der Waals surface area contributed by atoms with Crippen molar-refractivity contribution >= 4 is 16.8 Å². The zero-order valence-electron chi connectivity index (χ0n) is 12.7. The molecule has 2 heterocycles. The standard InChI is InChI=1S/C18H13F3N2O/c1-9-8-22-18(24)16-6-11-4-12(19)7-13(17(11)23(9)16)10-2-3-14(20)15(21)5-10/h2-7,9H,8H2,1H3,(H,22,24). The quantitative estimate of drug-likeness (QED) is 0.718. The van der Waals surface area contributed by atoms with Gasteiger partial charge in [-0.25, -0.2) is 13.2 Å². The second kappa shape index (κ2) is 5.12. The Morgan fingerprint density at radius 3 is 2.62 bits per heavy atom. The third-order valence-corrected chi connectivity index (χ3v) is 4.36. The van der Waals surface area contributed by atoms with Crippen LogP contribution in [0.15, 0.2) is 36.4 Å². The van der Waals surface area contributed by atoms with Crippen molar-refractivity contribution in [2.45, 2.75) is 13.0 Å². The van der Waals surface area contributed by atoms with Gasteiger partial charge in [-0.2, -0.15) is 0 Å². The van der Waals surface area contributed by atoms with E-state index in [2.05, 4.69) is 5.32 Å².